The molecule has 1 N–H and O–H groups in total. The third kappa shape index (κ3) is 4.97. The molecule has 3 aromatic rings. The number of anilines is 1. The normalized spacial score (nSPS) is 15.7. The Morgan fingerprint density at radius 3 is 2.55 bits per heavy atom. The van der Waals surface area contributed by atoms with E-state index in [-0.39, 0.29) is 17.7 Å². The summed E-state index contributed by atoms with van der Waals surface area (Å²) in [5.41, 5.74) is 2.03. The summed E-state index contributed by atoms with van der Waals surface area (Å²) in [6.07, 6.45) is 1.70. The number of aromatic nitrogens is 2. The second-order valence-electron chi connectivity index (χ2n) is 7.87. The van der Waals surface area contributed by atoms with Crippen molar-refractivity contribution in [3.05, 3.63) is 53.9 Å². The fourth-order valence-electron chi connectivity index (χ4n) is 3.94. The number of benzene rings is 2. The molecule has 2 amide bonds. The second-order valence-corrected chi connectivity index (χ2v) is 7.87. The van der Waals surface area contributed by atoms with Crippen LogP contribution < -0.4 is 14.8 Å². The van der Waals surface area contributed by atoms with E-state index in [1.807, 2.05) is 17.0 Å². The molecule has 1 fully saturated rings. The van der Waals surface area contributed by atoms with Gasteiger partial charge in [-0.1, -0.05) is 5.16 Å². The molecule has 9 heteroatoms. The van der Waals surface area contributed by atoms with Crippen molar-refractivity contribution in [2.24, 2.45) is 0 Å². The number of hydrogen-bond donors (Lipinski definition) is 1. The number of ether oxygens (including phenoxy) is 2. The van der Waals surface area contributed by atoms with Crippen LogP contribution >= 0.6 is 0 Å². The van der Waals surface area contributed by atoms with Crippen molar-refractivity contribution in [1.29, 1.82) is 0 Å². The van der Waals surface area contributed by atoms with Gasteiger partial charge in [-0.2, -0.15) is 4.98 Å². The van der Waals surface area contributed by atoms with Gasteiger partial charge in [-0.3, -0.25) is 9.59 Å². The number of piperidine rings is 1. The van der Waals surface area contributed by atoms with Crippen molar-refractivity contribution < 1.29 is 23.6 Å². The summed E-state index contributed by atoms with van der Waals surface area (Å²) in [5.74, 6) is 1.84. The Labute approximate surface area is 191 Å². The Kier molecular flexibility index (Phi) is 6.58. The molecule has 1 saturated heterocycles. The van der Waals surface area contributed by atoms with Crippen molar-refractivity contribution in [3.8, 4) is 22.9 Å². The molecule has 4 rings (SSSR count). The molecule has 1 atom stereocenters. The number of methoxy groups -OCH3 is 2. The van der Waals surface area contributed by atoms with Crippen LogP contribution in [0.5, 0.6) is 11.5 Å². The highest BCUT2D eigenvalue weighted by Gasteiger charge is 2.29. The van der Waals surface area contributed by atoms with E-state index < -0.39 is 0 Å². The van der Waals surface area contributed by atoms with Gasteiger partial charge >= 0.3 is 0 Å². The highest BCUT2D eigenvalue weighted by atomic mass is 16.5. The maximum absolute atomic E-state index is 13.1. The molecule has 1 aromatic heterocycles. The maximum Gasteiger partial charge on any atom is 0.254 e. The van der Waals surface area contributed by atoms with E-state index in [0.29, 0.717) is 47.6 Å². The molecule has 33 heavy (non-hydrogen) atoms. The van der Waals surface area contributed by atoms with Gasteiger partial charge in [0.05, 0.1) is 20.1 Å². The Hall–Kier alpha value is -3.88. The summed E-state index contributed by atoms with van der Waals surface area (Å²) in [6, 6.07) is 12.4. The Morgan fingerprint density at radius 2 is 1.85 bits per heavy atom. The predicted molar refractivity (Wildman–Crippen MR) is 121 cm³/mol. The van der Waals surface area contributed by atoms with E-state index >= 15 is 0 Å². The molecule has 2 aromatic carbocycles. The number of nitrogens with one attached hydrogen (secondary N) is 1. The third-order valence-corrected chi connectivity index (χ3v) is 5.59. The average molecular weight is 450 g/mol. The number of hydrogen-bond acceptors (Lipinski definition) is 7. The maximum atomic E-state index is 13.1. The van der Waals surface area contributed by atoms with Gasteiger partial charge in [0.1, 0.15) is 0 Å². The van der Waals surface area contributed by atoms with Crippen molar-refractivity contribution in [1.82, 2.24) is 15.0 Å². The Balaban J connectivity index is 1.46. The molecular weight excluding hydrogens is 424 g/mol. The van der Waals surface area contributed by atoms with Gasteiger partial charge in [-0.25, -0.2) is 0 Å². The zero-order valence-corrected chi connectivity index (χ0v) is 18.8. The van der Waals surface area contributed by atoms with E-state index in [1.54, 1.807) is 44.6 Å². The van der Waals surface area contributed by atoms with Crippen LogP contribution in [0.4, 0.5) is 5.69 Å². The fourth-order valence-corrected chi connectivity index (χ4v) is 3.94. The molecule has 1 aliphatic rings. The second kappa shape index (κ2) is 9.72. The van der Waals surface area contributed by atoms with Crippen molar-refractivity contribution in [2.45, 2.75) is 25.7 Å². The van der Waals surface area contributed by atoms with Gasteiger partial charge in [0.2, 0.25) is 17.6 Å². The molecule has 2 heterocycles. The van der Waals surface area contributed by atoms with E-state index in [9.17, 15) is 9.59 Å². The lowest BCUT2D eigenvalue weighted by molar-refractivity contribution is -0.114. The minimum Gasteiger partial charge on any atom is -0.493 e. The highest BCUT2D eigenvalue weighted by Crippen LogP contribution is 2.31. The van der Waals surface area contributed by atoms with Crippen molar-refractivity contribution in [2.75, 3.05) is 32.6 Å². The van der Waals surface area contributed by atoms with Gasteiger partial charge in [0.25, 0.3) is 5.91 Å². The molecule has 0 radical (unpaired) electrons. The number of carbonyl (C=O) groups excluding carboxylic acids is 2. The van der Waals surface area contributed by atoms with E-state index in [0.717, 1.165) is 18.4 Å². The number of rotatable bonds is 6. The predicted octanol–water partition coefficient (Wildman–Crippen LogP) is 3.73. The van der Waals surface area contributed by atoms with E-state index in [2.05, 4.69) is 15.5 Å². The van der Waals surface area contributed by atoms with Crippen LogP contribution in [0.2, 0.25) is 0 Å². The Morgan fingerprint density at radius 1 is 1.09 bits per heavy atom. The summed E-state index contributed by atoms with van der Waals surface area (Å²) < 4.78 is 16.1. The number of carbonyl (C=O) groups is 2. The van der Waals surface area contributed by atoms with Crippen LogP contribution in [0.1, 0.15) is 41.9 Å². The van der Waals surface area contributed by atoms with Crippen molar-refractivity contribution >= 4 is 17.5 Å². The summed E-state index contributed by atoms with van der Waals surface area (Å²) in [7, 11) is 3.11. The van der Waals surface area contributed by atoms with Gasteiger partial charge in [-0.05, 0) is 55.3 Å². The number of nitrogens with zero attached hydrogens (tertiary/aromatic N) is 3. The van der Waals surface area contributed by atoms with Crippen LogP contribution in [0.25, 0.3) is 11.4 Å². The van der Waals surface area contributed by atoms with E-state index in [1.165, 1.54) is 6.92 Å². The van der Waals surface area contributed by atoms with E-state index in [4.69, 9.17) is 14.0 Å². The van der Waals surface area contributed by atoms with Crippen molar-refractivity contribution in [3.63, 3.8) is 0 Å². The number of amides is 2. The third-order valence-electron chi connectivity index (χ3n) is 5.59. The molecule has 9 nitrogen and oxygen atoms in total. The number of likely N-dealkylation sites (tertiary alicyclic amines) is 1. The summed E-state index contributed by atoms with van der Waals surface area (Å²) in [6.45, 7) is 2.62. The monoisotopic (exact) mass is 450 g/mol. The lowest BCUT2D eigenvalue weighted by atomic mass is 9.97. The molecular formula is C24H26N4O5. The molecule has 0 spiro atoms. The topological polar surface area (TPSA) is 107 Å². The zero-order valence-electron chi connectivity index (χ0n) is 18.8. The van der Waals surface area contributed by atoms with Gasteiger partial charge in [-0.15, -0.1) is 0 Å². The Bertz CT molecular complexity index is 1140. The summed E-state index contributed by atoms with van der Waals surface area (Å²) >= 11 is 0. The minimum absolute atomic E-state index is 0.0391. The molecule has 0 saturated carbocycles. The van der Waals surface area contributed by atoms with Gasteiger partial charge < -0.3 is 24.2 Å². The van der Waals surface area contributed by atoms with Crippen LogP contribution in [-0.4, -0.2) is 54.2 Å². The van der Waals surface area contributed by atoms with Crippen LogP contribution in [0, 0.1) is 0 Å². The highest BCUT2D eigenvalue weighted by molar-refractivity contribution is 5.95. The van der Waals surface area contributed by atoms with Crippen LogP contribution in [0.15, 0.2) is 47.0 Å². The van der Waals surface area contributed by atoms with Gasteiger partial charge in [0.15, 0.2) is 11.5 Å². The SMILES string of the molecule is COc1ccc(C(=O)N2CCC[C@@H](c3nc(-c4ccc(NC(C)=O)cc4)no3)C2)cc1OC. The minimum atomic E-state index is -0.130. The largest absolute Gasteiger partial charge is 0.493 e. The standard InChI is InChI=1S/C24H26N4O5/c1-15(29)25-19-9-6-16(7-10-19)22-26-23(33-27-22)18-5-4-12-28(14-18)24(30)17-8-11-20(31-2)21(13-17)32-3/h6-11,13,18H,4-5,12,14H2,1-3H3,(H,25,29)/t18-/m1/s1. The summed E-state index contributed by atoms with van der Waals surface area (Å²) in [5, 5.41) is 6.84. The molecule has 0 unspecified atom stereocenters. The molecule has 172 valence electrons. The lowest BCUT2D eigenvalue weighted by Gasteiger charge is -2.31. The first-order chi connectivity index (χ1) is 16.0. The first-order valence-electron chi connectivity index (χ1n) is 10.7. The first kappa shape index (κ1) is 22.3. The zero-order chi connectivity index (χ0) is 23.4. The summed E-state index contributed by atoms with van der Waals surface area (Å²) in [4.78, 5) is 30.7. The lowest BCUT2D eigenvalue weighted by Crippen LogP contribution is -2.39. The molecule has 0 bridgehead atoms. The smallest absolute Gasteiger partial charge is 0.254 e. The molecule has 0 aliphatic carbocycles. The first-order valence-corrected chi connectivity index (χ1v) is 10.7. The van der Waals surface area contributed by atoms with Crippen LogP contribution in [0.3, 0.4) is 0 Å². The average Bonchev–Trinajstić information content (AvgIpc) is 3.34. The molecule has 1 aliphatic heterocycles. The fraction of sp³-hybridized carbons (Fsp3) is 0.333. The van der Waals surface area contributed by atoms with Crippen LogP contribution in [-0.2, 0) is 4.79 Å². The quantitative estimate of drug-likeness (QED) is 0.610. The van der Waals surface area contributed by atoms with Gasteiger partial charge in [0, 0.05) is 36.8 Å².